The third-order valence-corrected chi connectivity index (χ3v) is 3.87. The number of rotatable bonds is 6. The first-order valence-corrected chi connectivity index (χ1v) is 7.45. The van der Waals surface area contributed by atoms with E-state index in [2.05, 4.69) is 29.6 Å². The largest absolute Gasteiger partial charge is 0.312 e. The number of nitrogens with one attached hydrogen (secondary N) is 1. The second-order valence-electron chi connectivity index (χ2n) is 5.72. The second-order valence-corrected chi connectivity index (χ2v) is 5.72. The Kier molecular flexibility index (Phi) is 4.30. The van der Waals surface area contributed by atoms with Crippen LogP contribution < -0.4 is 5.32 Å². The van der Waals surface area contributed by atoms with E-state index in [4.69, 9.17) is 0 Å². The van der Waals surface area contributed by atoms with Crippen molar-refractivity contribution < 1.29 is 8.78 Å². The zero-order valence-corrected chi connectivity index (χ0v) is 11.9. The van der Waals surface area contributed by atoms with Gasteiger partial charge < -0.3 is 5.32 Å². The summed E-state index contributed by atoms with van der Waals surface area (Å²) in [6, 6.07) is 12.4. The van der Waals surface area contributed by atoms with Crippen molar-refractivity contribution in [3.8, 4) is 0 Å². The summed E-state index contributed by atoms with van der Waals surface area (Å²) in [5.41, 5.74) is 3.36. The van der Waals surface area contributed by atoms with Crippen molar-refractivity contribution in [3.05, 3.63) is 70.8 Å². The van der Waals surface area contributed by atoms with Gasteiger partial charge in [-0.3, -0.25) is 0 Å². The van der Waals surface area contributed by atoms with E-state index in [9.17, 15) is 8.78 Å². The van der Waals surface area contributed by atoms with Crippen molar-refractivity contribution in [2.75, 3.05) is 6.54 Å². The molecule has 1 fully saturated rings. The second kappa shape index (κ2) is 6.35. The van der Waals surface area contributed by atoms with E-state index in [0.29, 0.717) is 18.5 Å². The summed E-state index contributed by atoms with van der Waals surface area (Å²) in [6.45, 7) is 1.48. The quantitative estimate of drug-likeness (QED) is 0.786. The van der Waals surface area contributed by atoms with Crippen LogP contribution in [0.3, 0.4) is 0 Å². The number of hydrogen-bond donors (Lipinski definition) is 1. The number of hydrogen-bond acceptors (Lipinski definition) is 1. The van der Waals surface area contributed by atoms with Gasteiger partial charge in [0.15, 0.2) is 0 Å². The average molecular weight is 287 g/mol. The van der Waals surface area contributed by atoms with Gasteiger partial charge in [0.1, 0.15) is 11.6 Å². The van der Waals surface area contributed by atoms with Crippen LogP contribution >= 0.6 is 0 Å². The molecule has 0 amide bonds. The molecule has 110 valence electrons. The van der Waals surface area contributed by atoms with Crippen molar-refractivity contribution in [1.82, 2.24) is 5.32 Å². The lowest BCUT2D eigenvalue weighted by Crippen LogP contribution is -2.16. The molecule has 0 radical (unpaired) electrons. The van der Waals surface area contributed by atoms with Crippen molar-refractivity contribution in [2.45, 2.75) is 31.7 Å². The molecule has 0 aromatic heterocycles. The zero-order valence-electron chi connectivity index (χ0n) is 11.9. The summed E-state index contributed by atoms with van der Waals surface area (Å²) >= 11 is 0. The summed E-state index contributed by atoms with van der Waals surface area (Å²) in [5.74, 6) is -0.240. The average Bonchev–Trinajstić information content (AvgIpc) is 3.28. The van der Waals surface area contributed by atoms with Gasteiger partial charge in [0, 0.05) is 12.6 Å². The van der Waals surface area contributed by atoms with Crippen LogP contribution in [-0.4, -0.2) is 6.54 Å². The summed E-state index contributed by atoms with van der Waals surface area (Å²) in [6.07, 6.45) is 3.26. The van der Waals surface area contributed by atoms with Crippen LogP contribution in [0.2, 0.25) is 0 Å². The third-order valence-electron chi connectivity index (χ3n) is 3.87. The van der Waals surface area contributed by atoms with Gasteiger partial charge in [-0.1, -0.05) is 24.3 Å². The van der Waals surface area contributed by atoms with Gasteiger partial charge in [-0.05, 0) is 60.5 Å². The van der Waals surface area contributed by atoms with Gasteiger partial charge in [-0.15, -0.1) is 0 Å². The zero-order chi connectivity index (χ0) is 14.7. The Hall–Kier alpha value is -1.74. The fourth-order valence-corrected chi connectivity index (χ4v) is 2.55. The smallest absolute Gasteiger partial charge is 0.126 e. The van der Waals surface area contributed by atoms with Crippen LogP contribution in [0.5, 0.6) is 0 Å². The molecule has 0 bridgehead atoms. The Morgan fingerprint density at radius 2 is 1.57 bits per heavy atom. The lowest BCUT2D eigenvalue weighted by molar-refractivity contribution is 0.577. The molecule has 1 aliphatic carbocycles. The van der Waals surface area contributed by atoms with E-state index in [1.165, 1.54) is 36.1 Å². The Morgan fingerprint density at radius 1 is 0.905 bits per heavy atom. The summed E-state index contributed by atoms with van der Waals surface area (Å²) in [4.78, 5) is 0. The number of halogens is 2. The minimum Gasteiger partial charge on any atom is -0.312 e. The highest BCUT2D eigenvalue weighted by Gasteiger charge is 2.22. The number of benzene rings is 2. The lowest BCUT2D eigenvalue weighted by atomic mass is 10.1. The van der Waals surface area contributed by atoms with Gasteiger partial charge in [-0.2, -0.15) is 0 Å². The van der Waals surface area contributed by atoms with Gasteiger partial charge in [0.05, 0.1) is 0 Å². The first kappa shape index (κ1) is 14.2. The molecule has 21 heavy (non-hydrogen) atoms. The molecule has 1 nitrogen and oxygen atoms in total. The topological polar surface area (TPSA) is 12.0 Å². The molecular formula is C18H19F2N. The molecule has 1 aliphatic rings. The molecule has 0 saturated heterocycles. The fourth-order valence-electron chi connectivity index (χ4n) is 2.55. The molecule has 0 heterocycles. The first-order chi connectivity index (χ1) is 10.2. The predicted molar refractivity (Wildman–Crippen MR) is 80.2 cm³/mol. The van der Waals surface area contributed by atoms with Crippen molar-refractivity contribution in [1.29, 1.82) is 0 Å². The third kappa shape index (κ3) is 4.11. The molecular weight excluding hydrogens is 268 g/mol. The molecule has 2 aromatic carbocycles. The van der Waals surface area contributed by atoms with Crippen LogP contribution in [-0.2, 0) is 13.0 Å². The Labute approximate surface area is 124 Å². The molecule has 0 unspecified atom stereocenters. The molecule has 1 N–H and O–H groups in total. The van der Waals surface area contributed by atoms with E-state index in [0.717, 1.165) is 18.5 Å². The van der Waals surface area contributed by atoms with E-state index < -0.39 is 11.6 Å². The Morgan fingerprint density at radius 3 is 2.19 bits per heavy atom. The lowest BCUT2D eigenvalue weighted by Gasteiger charge is -2.07. The van der Waals surface area contributed by atoms with Gasteiger partial charge in [-0.25, -0.2) is 8.78 Å². The summed E-state index contributed by atoms with van der Waals surface area (Å²) in [7, 11) is 0. The highest BCUT2D eigenvalue weighted by atomic mass is 19.1. The molecule has 0 aliphatic heterocycles. The van der Waals surface area contributed by atoms with Crippen molar-refractivity contribution in [2.24, 2.45) is 0 Å². The SMILES string of the molecule is Fc1cc(F)cc(CCNCc2ccc(C3CC3)cc2)c1. The van der Waals surface area contributed by atoms with Gasteiger partial charge in [0.25, 0.3) is 0 Å². The van der Waals surface area contributed by atoms with Crippen molar-refractivity contribution in [3.63, 3.8) is 0 Å². The Bertz CT molecular complexity index is 583. The van der Waals surface area contributed by atoms with Crippen LogP contribution in [0.1, 0.15) is 35.4 Å². The monoisotopic (exact) mass is 287 g/mol. The minimum atomic E-state index is -0.513. The van der Waals surface area contributed by atoms with Crippen LogP contribution in [0.15, 0.2) is 42.5 Å². The summed E-state index contributed by atoms with van der Waals surface area (Å²) < 4.78 is 26.1. The molecule has 0 spiro atoms. The van der Waals surface area contributed by atoms with Gasteiger partial charge >= 0.3 is 0 Å². The molecule has 3 heteroatoms. The van der Waals surface area contributed by atoms with Crippen LogP contribution in [0.4, 0.5) is 8.78 Å². The fraction of sp³-hybridized carbons (Fsp3) is 0.333. The van der Waals surface area contributed by atoms with E-state index >= 15 is 0 Å². The highest BCUT2D eigenvalue weighted by Crippen LogP contribution is 2.39. The molecule has 0 atom stereocenters. The maximum Gasteiger partial charge on any atom is 0.126 e. The molecule has 1 saturated carbocycles. The van der Waals surface area contributed by atoms with E-state index in [1.54, 1.807) is 0 Å². The summed E-state index contributed by atoms with van der Waals surface area (Å²) in [5, 5.41) is 3.31. The first-order valence-electron chi connectivity index (χ1n) is 7.45. The Balaban J connectivity index is 1.45. The standard InChI is InChI=1S/C18H19F2N/c19-17-9-14(10-18(20)11-17)7-8-21-12-13-1-3-15(4-2-13)16-5-6-16/h1-4,9-11,16,21H,5-8,12H2. The van der Waals surface area contributed by atoms with E-state index in [1.807, 2.05) is 0 Å². The van der Waals surface area contributed by atoms with Crippen LogP contribution in [0, 0.1) is 11.6 Å². The van der Waals surface area contributed by atoms with Crippen LogP contribution in [0.25, 0.3) is 0 Å². The molecule has 3 rings (SSSR count). The normalized spacial score (nSPS) is 14.4. The minimum absolute atomic E-state index is 0.513. The molecule has 2 aromatic rings. The van der Waals surface area contributed by atoms with Crippen molar-refractivity contribution >= 4 is 0 Å². The van der Waals surface area contributed by atoms with Gasteiger partial charge in [0.2, 0.25) is 0 Å². The van der Waals surface area contributed by atoms with E-state index in [-0.39, 0.29) is 0 Å². The maximum absolute atomic E-state index is 13.0. The highest BCUT2D eigenvalue weighted by molar-refractivity contribution is 5.28. The predicted octanol–water partition coefficient (Wildman–Crippen LogP) is 4.17. The maximum atomic E-state index is 13.0.